The summed E-state index contributed by atoms with van der Waals surface area (Å²) in [5, 5.41) is 7.22. The Morgan fingerprint density at radius 2 is 2.45 bits per heavy atom. The third-order valence-electron chi connectivity index (χ3n) is 1.24. The highest BCUT2D eigenvalue weighted by Crippen LogP contribution is 2.01. The van der Waals surface area contributed by atoms with Gasteiger partial charge in [-0.2, -0.15) is 5.10 Å². The highest BCUT2D eigenvalue weighted by molar-refractivity contribution is 5.99. The number of likely N-dealkylation sites (N-methyl/N-ethyl adjacent to an activating group) is 1. The van der Waals surface area contributed by atoms with Crippen molar-refractivity contribution in [2.24, 2.45) is 10.2 Å². The average molecular weight is 155 g/mol. The summed E-state index contributed by atoms with van der Waals surface area (Å²) >= 11 is 0. The Bertz CT molecular complexity index is 222. The minimum Gasteiger partial charge on any atom is -0.453 e. The summed E-state index contributed by atoms with van der Waals surface area (Å²) in [6.45, 7) is 1.80. The van der Waals surface area contributed by atoms with Crippen molar-refractivity contribution in [3.05, 3.63) is 0 Å². The van der Waals surface area contributed by atoms with Crippen LogP contribution >= 0.6 is 0 Å². The number of carbonyl (C=O) groups excluding carboxylic acids is 1. The zero-order valence-corrected chi connectivity index (χ0v) is 6.44. The summed E-state index contributed by atoms with van der Waals surface area (Å²) in [5.74, 6) is -0.102. The van der Waals surface area contributed by atoms with Crippen molar-refractivity contribution < 1.29 is 9.53 Å². The molecule has 5 heteroatoms. The van der Waals surface area contributed by atoms with E-state index < -0.39 is 0 Å². The topological polar surface area (TPSA) is 54.3 Å². The van der Waals surface area contributed by atoms with E-state index in [0.717, 1.165) is 0 Å². The fourth-order valence-corrected chi connectivity index (χ4v) is 0.630. The van der Waals surface area contributed by atoms with E-state index in [1.165, 1.54) is 11.1 Å². The molecule has 0 radical (unpaired) electrons. The van der Waals surface area contributed by atoms with Gasteiger partial charge >= 0.3 is 6.02 Å². The van der Waals surface area contributed by atoms with Gasteiger partial charge in [-0.25, -0.2) is 0 Å². The van der Waals surface area contributed by atoms with Gasteiger partial charge in [-0.3, -0.25) is 9.69 Å². The standard InChI is InChI=1S/C6H9N3O2/c1-3-7-8-6-9(2)5(10)4-11-6/h3H,4H2,1-2H3/b7-3+,8-6-. The molecule has 1 amide bonds. The zero-order chi connectivity index (χ0) is 8.27. The van der Waals surface area contributed by atoms with Gasteiger partial charge in [0.15, 0.2) is 6.61 Å². The van der Waals surface area contributed by atoms with Crippen LogP contribution in [0.3, 0.4) is 0 Å². The van der Waals surface area contributed by atoms with Crippen molar-refractivity contribution in [2.45, 2.75) is 6.92 Å². The van der Waals surface area contributed by atoms with Crippen LogP contribution in [0.4, 0.5) is 0 Å². The molecule has 0 unspecified atom stereocenters. The van der Waals surface area contributed by atoms with Gasteiger partial charge in [0.1, 0.15) is 0 Å². The molecule has 0 N–H and O–H groups in total. The smallest absolute Gasteiger partial charge is 0.318 e. The molecule has 0 aliphatic carbocycles. The molecule has 1 heterocycles. The predicted octanol–water partition coefficient (Wildman–Crippen LogP) is -0.163. The molecule has 0 aromatic carbocycles. The van der Waals surface area contributed by atoms with Gasteiger partial charge in [0.2, 0.25) is 0 Å². The van der Waals surface area contributed by atoms with Crippen LogP contribution < -0.4 is 0 Å². The van der Waals surface area contributed by atoms with Gasteiger partial charge in [0.25, 0.3) is 5.91 Å². The van der Waals surface area contributed by atoms with E-state index in [2.05, 4.69) is 10.2 Å². The van der Waals surface area contributed by atoms with Crippen molar-refractivity contribution in [1.29, 1.82) is 0 Å². The van der Waals surface area contributed by atoms with Crippen LogP contribution in [0.1, 0.15) is 6.92 Å². The molecule has 0 atom stereocenters. The second kappa shape index (κ2) is 3.14. The van der Waals surface area contributed by atoms with Crippen molar-refractivity contribution >= 4 is 18.1 Å². The van der Waals surface area contributed by atoms with Crippen molar-refractivity contribution in [3.63, 3.8) is 0 Å². The largest absolute Gasteiger partial charge is 0.453 e. The second-order valence-electron chi connectivity index (χ2n) is 2.00. The van der Waals surface area contributed by atoms with Crippen LogP contribution in [-0.4, -0.2) is 36.7 Å². The Hall–Kier alpha value is -1.39. The number of carbonyl (C=O) groups is 1. The lowest BCUT2D eigenvalue weighted by Gasteiger charge is -2.02. The van der Waals surface area contributed by atoms with Crippen LogP contribution in [0.2, 0.25) is 0 Å². The maximum Gasteiger partial charge on any atom is 0.318 e. The summed E-state index contributed by atoms with van der Waals surface area (Å²) in [4.78, 5) is 12.1. The molecule has 11 heavy (non-hydrogen) atoms. The first-order valence-electron chi connectivity index (χ1n) is 3.20. The van der Waals surface area contributed by atoms with Gasteiger partial charge in [-0.05, 0) is 6.92 Å². The first kappa shape index (κ1) is 7.71. The van der Waals surface area contributed by atoms with Crippen molar-refractivity contribution in [2.75, 3.05) is 13.7 Å². The summed E-state index contributed by atoms with van der Waals surface area (Å²) in [6, 6.07) is 0.258. The first-order chi connectivity index (χ1) is 5.25. The number of rotatable bonds is 1. The SMILES string of the molecule is C/C=N/N=C1\OCC(=O)N1C. The quantitative estimate of drug-likeness (QED) is 0.390. The molecule has 1 aliphatic rings. The normalized spacial score (nSPS) is 21.8. The summed E-state index contributed by atoms with van der Waals surface area (Å²) < 4.78 is 4.89. The fraction of sp³-hybridized carbons (Fsp3) is 0.500. The van der Waals surface area contributed by atoms with Gasteiger partial charge < -0.3 is 4.74 Å². The lowest BCUT2D eigenvalue weighted by Crippen LogP contribution is -2.24. The Labute approximate surface area is 64.4 Å². The van der Waals surface area contributed by atoms with E-state index in [-0.39, 0.29) is 18.5 Å². The van der Waals surface area contributed by atoms with Crippen LogP contribution in [0.25, 0.3) is 0 Å². The molecule has 1 rings (SSSR count). The highest BCUT2D eigenvalue weighted by Gasteiger charge is 2.24. The van der Waals surface area contributed by atoms with Gasteiger partial charge in [-0.1, -0.05) is 5.10 Å². The minimum atomic E-state index is -0.102. The summed E-state index contributed by atoms with van der Waals surface area (Å²) in [6.07, 6.45) is 1.52. The molecule has 0 spiro atoms. The molecule has 0 aromatic rings. The Morgan fingerprint density at radius 1 is 1.73 bits per heavy atom. The molecule has 1 saturated heterocycles. The lowest BCUT2D eigenvalue weighted by atomic mass is 10.6. The number of hydrogen-bond donors (Lipinski definition) is 0. The first-order valence-corrected chi connectivity index (χ1v) is 3.20. The number of amidine groups is 1. The number of nitrogens with zero attached hydrogens (tertiary/aromatic N) is 3. The molecule has 5 nitrogen and oxygen atoms in total. The molecule has 1 fully saturated rings. The van der Waals surface area contributed by atoms with Crippen LogP contribution in [-0.2, 0) is 9.53 Å². The predicted molar refractivity (Wildman–Crippen MR) is 40.3 cm³/mol. The van der Waals surface area contributed by atoms with Crippen molar-refractivity contribution in [1.82, 2.24) is 4.90 Å². The van der Waals surface area contributed by atoms with E-state index in [0.29, 0.717) is 0 Å². The summed E-state index contributed by atoms with van der Waals surface area (Å²) in [5.41, 5.74) is 0. The molecule has 0 aromatic heterocycles. The summed E-state index contributed by atoms with van der Waals surface area (Å²) in [7, 11) is 1.60. The van der Waals surface area contributed by atoms with Gasteiger partial charge in [0.05, 0.1) is 0 Å². The molecule has 0 bridgehead atoms. The van der Waals surface area contributed by atoms with Crippen LogP contribution in [0.5, 0.6) is 0 Å². The van der Waals surface area contributed by atoms with Crippen molar-refractivity contribution in [3.8, 4) is 0 Å². The maximum atomic E-state index is 10.8. The molecular weight excluding hydrogens is 146 g/mol. The van der Waals surface area contributed by atoms with Gasteiger partial charge in [0, 0.05) is 13.3 Å². The van der Waals surface area contributed by atoms with E-state index in [1.54, 1.807) is 14.0 Å². The van der Waals surface area contributed by atoms with E-state index in [9.17, 15) is 4.79 Å². The third kappa shape index (κ3) is 1.54. The Morgan fingerprint density at radius 3 is 2.91 bits per heavy atom. The third-order valence-corrected chi connectivity index (χ3v) is 1.24. The van der Waals surface area contributed by atoms with E-state index >= 15 is 0 Å². The second-order valence-corrected chi connectivity index (χ2v) is 2.00. The lowest BCUT2D eigenvalue weighted by molar-refractivity contribution is -0.124. The van der Waals surface area contributed by atoms with E-state index in [4.69, 9.17) is 4.74 Å². The van der Waals surface area contributed by atoms with Crippen LogP contribution in [0.15, 0.2) is 10.2 Å². The maximum absolute atomic E-state index is 10.8. The molecule has 0 saturated carbocycles. The van der Waals surface area contributed by atoms with Gasteiger partial charge in [-0.15, -0.1) is 0 Å². The monoisotopic (exact) mass is 155 g/mol. The number of hydrogen-bond acceptors (Lipinski definition) is 4. The molecule has 1 aliphatic heterocycles. The highest BCUT2D eigenvalue weighted by atomic mass is 16.5. The fourth-order valence-electron chi connectivity index (χ4n) is 0.630. The average Bonchev–Trinajstić information content (AvgIpc) is 2.31. The molecular formula is C6H9N3O2. The minimum absolute atomic E-state index is 0.0641. The molecule has 60 valence electrons. The van der Waals surface area contributed by atoms with E-state index in [1.807, 2.05) is 0 Å². The number of amides is 1. The Kier molecular flexibility index (Phi) is 2.20. The zero-order valence-electron chi connectivity index (χ0n) is 6.44. The van der Waals surface area contributed by atoms with Crippen LogP contribution in [0, 0.1) is 0 Å². The number of ether oxygens (including phenoxy) is 1. The Balaban J connectivity index is 2.68.